The van der Waals surface area contributed by atoms with Crippen molar-refractivity contribution in [2.24, 2.45) is 0 Å². The van der Waals surface area contributed by atoms with E-state index in [1.54, 1.807) is 0 Å². The van der Waals surface area contributed by atoms with Crippen LogP contribution in [0.1, 0.15) is 34.1 Å². The fourth-order valence-corrected chi connectivity index (χ4v) is 2.26. The molecule has 0 fully saturated rings. The molecular formula is C15H18. The molecule has 0 aromatic heterocycles. The summed E-state index contributed by atoms with van der Waals surface area (Å²) in [5.74, 6) is 0. The van der Waals surface area contributed by atoms with Gasteiger partial charge in [-0.15, -0.1) is 0 Å². The summed E-state index contributed by atoms with van der Waals surface area (Å²) in [6, 6.07) is 0. The minimum Gasteiger partial charge on any atom is -0.0801 e. The summed E-state index contributed by atoms with van der Waals surface area (Å²) >= 11 is 0. The van der Waals surface area contributed by atoms with Crippen molar-refractivity contribution in [3.63, 3.8) is 0 Å². The van der Waals surface area contributed by atoms with E-state index in [0.717, 1.165) is 6.42 Å². The van der Waals surface area contributed by atoms with Crippen LogP contribution in [0.25, 0.3) is 0 Å². The molecule has 0 N–H and O–H groups in total. The Hall–Kier alpha value is -1.30. The highest BCUT2D eigenvalue weighted by atomic mass is 14.2. The Bertz CT molecular complexity index is 444. The largest absolute Gasteiger partial charge is 0.0801 e. The molecule has 0 heteroatoms. The molecule has 0 heterocycles. The van der Waals surface area contributed by atoms with Crippen molar-refractivity contribution in [3.05, 3.63) is 57.7 Å². The molecule has 0 unspecified atom stereocenters. The predicted molar refractivity (Wildman–Crippen MR) is 66.7 cm³/mol. The van der Waals surface area contributed by atoms with Crippen LogP contribution in [0.15, 0.2) is 57.7 Å². The highest BCUT2D eigenvalue weighted by molar-refractivity contribution is 5.65. The van der Waals surface area contributed by atoms with Gasteiger partial charge in [-0.1, -0.05) is 23.8 Å². The average molecular weight is 198 g/mol. The Labute approximate surface area is 92.4 Å². The maximum atomic E-state index is 2.35. The van der Waals surface area contributed by atoms with Gasteiger partial charge in [-0.2, -0.15) is 0 Å². The van der Waals surface area contributed by atoms with Crippen LogP contribution in [0.4, 0.5) is 0 Å². The lowest BCUT2D eigenvalue weighted by molar-refractivity contribution is 1.23. The lowest BCUT2D eigenvalue weighted by atomic mass is 10.00. The summed E-state index contributed by atoms with van der Waals surface area (Å²) in [5, 5.41) is 0. The minimum absolute atomic E-state index is 1.09. The fourth-order valence-electron chi connectivity index (χ4n) is 2.26. The molecule has 0 spiro atoms. The first-order valence-electron chi connectivity index (χ1n) is 5.54. The molecule has 0 nitrogen and oxygen atoms in total. The Morgan fingerprint density at radius 2 is 1.87 bits per heavy atom. The highest BCUT2D eigenvalue weighted by Crippen LogP contribution is 2.37. The monoisotopic (exact) mass is 198 g/mol. The van der Waals surface area contributed by atoms with Crippen LogP contribution < -0.4 is 0 Å². The highest BCUT2D eigenvalue weighted by Gasteiger charge is 2.18. The quantitative estimate of drug-likeness (QED) is 0.582. The molecule has 0 radical (unpaired) electrons. The van der Waals surface area contributed by atoms with E-state index in [2.05, 4.69) is 52.0 Å². The number of rotatable bonds is 1. The van der Waals surface area contributed by atoms with Gasteiger partial charge < -0.3 is 0 Å². The van der Waals surface area contributed by atoms with E-state index < -0.39 is 0 Å². The number of allylic oxidation sites excluding steroid dienone is 10. The van der Waals surface area contributed by atoms with Crippen LogP contribution in [0.3, 0.4) is 0 Å². The third kappa shape index (κ3) is 1.65. The lowest BCUT2D eigenvalue weighted by Crippen LogP contribution is -1.86. The summed E-state index contributed by atoms with van der Waals surface area (Å²) in [6.07, 6.45) is 10.0. The van der Waals surface area contributed by atoms with Gasteiger partial charge >= 0.3 is 0 Å². The fraction of sp³-hybridized carbons (Fsp3) is 0.333. The Morgan fingerprint density at radius 3 is 2.33 bits per heavy atom. The molecule has 2 aliphatic rings. The topological polar surface area (TPSA) is 0 Å². The molecule has 0 saturated heterocycles. The van der Waals surface area contributed by atoms with Crippen molar-refractivity contribution in [1.82, 2.24) is 0 Å². The smallest absolute Gasteiger partial charge is 0.00883 e. The third-order valence-corrected chi connectivity index (χ3v) is 3.32. The second kappa shape index (κ2) is 3.69. The minimum atomic E-state index is 1.09. The summed E-state index contributed by atoms with van der Waals surface area (Å²) in [5.41, 5.74) is 8.62. The van der Waals surface area contributed by atoms with E-state index >= 15 is 0 Å². The maximum Gasteiger partial charge on any atom is -0.00883 e. The van der Waals surface area contributed by atoms with E-state index in [0.29, 0.717) is 0 Å². The predicted octanol–water partition coefficient (Wildman–Crippen LogP) is 4.49. The maximum absolute atomic E-state index is 2.35. The zero-order valence-electron chi connectivity index (χ0n) is 10.0. The molecule has 78 valence electrons. The first-order chi connectivity index (χ1) is 7.11. The third-order valence-electron chi connectivity index (χ3n) is 3.32. The molecule has 0 atom stereocenters. The molecule has 15 heavy (non-hydrogen) atoms. The zero-order valence-corrected chi connectivity index (χ0v) is 10.0. The van der Waals surface area contributed by atoms with E-state index in [4.69, 9.17) is 0 Å². The molecule has 0 amide bonds. The molecule has 0 aliphatic heterocycles. The first-order valence-corrected chi connectivity index (χ1v) is 5.54. The normalized spacial score (nSPS) is 19.9. The molecule has 0 aromatic carbocycles. The van der Waals surface area contributed by atoms with Crippen molar-refractivity contribution in [3.8, 4) is 0 Å². The van der Waals surface area contributed by atoms with Crippen LogP contribution in [-0.2, 0) is 0 Å². The van der Waals surface area contributed by atoms with Gasteiger partial charge in [0.2, 0.25) is 0 Å². The summed E-state index contributed by atoms with van der Waals surface area (Å²) in [7, 11) is 0. The van der Waals surface area contributed by atoms with Gasteiger partial charge in [-0.25, -0.2) is 0 Å². The van der Waals surface area contributed by atoms with Gasteiger partial charge in [0.15, 0.2) is 0 Å². The SMILES string of the molecule is CC(C)=C1C=C(C2=CC=CC2)C(C)=C1C. The summed E-state index contributed by atoms with van der Waals surface area (Å²) in [6.45, 7) is 8.83. The summed E-state index contributed by atoms with van der Waals surface area (Å²) < 4.78 is 0. The molecule has 2 aliphatic carbocycles. The second-order valence-corrected chi connectivity index (χ2v) is 4.55. The van der Waals surface area contributed by atoms with E-state index in [9.17, 15) is 0 Å². The Morgan fingerprint density at radius 1 is 1.13 bits per heavy atom. The van der Waals surface area contributed by atoms with Gasteiger partial charge in [0, 0.05) is 0 Å². The van der Waals surface area contributed by atoms with Gasteiger partial charge in [0.05, 0.1) is 0 Å². The number of hydrogen-bond acceptors (Lipinski definition) is 0. The van der Waals surface area contributed by atoms with Crippen LogP contribution in [0, 0.1) is 0 Å². The Balaban J connectivity index is 2.45. The average Bonchev–Trinajstić information content (AvgIpc) is 2.77. The van der Waals surface area contributed by atoms with Crippen LogP contribution in [0.2, 0.25) is 0 Å². The summed E-state index contributed by atoms with van der Waals surface area (Å²) in [4.78, 5) is 0. The molecule has 0 saturated carbocycles. The van der Waals surface area contributed by atoms with E-state index in [-0.39, 0.29) is 0 Å². The van der Waals surface area contributed by atoms with Gasteiger partial charge in [-0.05, 0) is 68.1 Å². The van der Waals surface area contributed by atoms with Gasteiger partial charge in [-0.3, -0.25) is 0 Å². The van der Waals surface area contributed by atoms with Crippen LogP contribution in [-0.4, -0.2) is 0 Å². The van der Waals surface area contributed by atoms with Crippen LogP contribution >= 0.6 is 0 Å². The molecule has 0 aromatic rings. The zero-order chi connectivity index (χ0) is 11.0. The van der Waals surface area contributed by atoms with Crippen molar-refractivity contribution in [1.29, 1.82) is 0 Å². The first kappa shape index (κ1) is 10.2. The van der Waals surface area contributed by atoms with E-state index in [1.165, 1.54) is 33.4 Å². The van der Waals surface area contributed by atoms with E-state index in [1.807, 2.05) is 0 Å². The van der Waals surface area contributed by atoms with Crippen molar-refractivity contribution >= 4 is 0 Å². The number of hydrogen-bond donors (Lipinski definition) is 0. The lowest BCUT2D eigenvalue weighted by Gasteiger charge is -2.05. The van der Waals surface area contributed by atoms with Gasteiger partial charge in [0.25, 0.3) is 0 Å². The standard InChI is InChI=1S/C15H18/c1-10(2)14-9-15(12(4)11(14)3)13-7-5-6-8-13/h5-7,9H,8H2,1-4H3. The van der Waals surface area contributed by atoms with Crippen LogP contribution in [0.5, 0.6) is 0 Å². The molecular weight excluding hydrogens is 180 g/mol. The molecule has 0 bridgehead atoms. The Kier molecular flexibility index (Phi) is 2.52. The van der Waals surface area contributed by atoms with Crippen molar-refractivity contribution in [2.75, 3.05) is 0 Å². The molecule has 2 rings (SSSR count). The van der Waals surface area contributed by atoms with Gasteiger partial charge in [0.1, 0.15) is 0 Å². The second-order valence-electron chi connectivity index (χ2n) is 4.55. The van der Waals surface area contributed by atoms with Crippen molar-refractivity contribution in [2.45, 2.75) is 34.1 Å². The van der Waals surface area contributed by atoms with Crippen molar-refractivity contribution < 1.29 is 0 Å².